The fourth-order valence-electron chi connectivity index (χ4n) is 4.79. The summed E-state index contributed by atoms with van der Waals surface area (Å²) in [5, 5.41) is 2.55. The highest BCUT2D eigenvalue weighted by Gasteiger charge is 2.49. The lowest BCUT2D eigenvalue weighted by molar-refractivity contribution is -0.114. The van der Waals surface area contributed by atoms with Crippen molar-refractivity contribution in [2.24, 2.45) is 5.92 Å². The van der Waals surface area contributed by atoms with Crippen LogP contribution in [0.5, 0.6) is 0 Å². The molecule has 0 unspecified atom stereocenters. The smallest absolute Gasteiger partial charge is 0.193 e. The highest BCUT2D eigenvalue weighted by Crippen LogP contribution is 2.51. The third kappa shape index (κ3) is 3.31. The minimum atomic E-state index is -2.02. The third-order valence-corrected chi connectivity index (χ3v) is 13.7. The van der Waals surface area contributed by atoms with Crippen LogP contribution >= 0.6 is 0 Å². The van der Waals surface area contributed by atoms with E-state index in [0.717, 1.165) is 11.7 Å². The lowest BCUT2D eigenvalue weighted by Crippen LogP contribution is -2.44. The number of carbonyl (C=O) groups is 1. The molecule has 1 aliphatic heterocycles. The Hall–Kier alpha value is -1.44. The first kappa shape index (κ1) is 20.8. The summed E-state index contributed by atoms with van der Waals surface area (Å²) in [5.41, 5.74) is 3.83. The number of aromatic nitrogens is 1. The minimum Gasteiger partial charge on any atom is -0.405 e. The molecule has 1 aromatic carbocycles. The number of Topliss-reactive ketones (excluding diaryl/α,β-unsaturated/α-hetero) is 1. The molecule has 0 N–H and O–H groups in total. The SMILES string of the molecule is CC(C)(C)[Si](C)(C)O[C@@H]1C2=C([Si](C)(C)C)C(=O)C[C@H]2Cn2c1cc1ccccc12. The molecule has 0 saturated carbocycles. The number of benzene rings is 1. The first-order chi connectivity index (χ1) is 13.3. The number of carbonyl (C=O) groups excluding carboxylic acids is 1. The molecule has 2 aromatic rings. The van der Waals surface area contributed by atoms with Gasteiger partial charge in [-0.15, -0.1) is 0 Å². The standard InChI is InChI=1S/C24H35NO2Si2/c1-24(2,3)29(7,8)27-22-19-13-16-11-9-10-12-18(16)25(19)15-17-14-20(26)23(21(17)22)28(4,5)6/h9-13,17,22H,14-15H2,1-8H3/t17-,22-/m0/s1. The van der Waals surface area contributed by atoms with Crippen LogP contribution < -0.4 is 0 Å². The van der Waals surface area contributed by atoms with Gasteiger partial charge in [0.1, 0.15) is 6.10 Å². The largest absolute Gasteiger partial charge is 0.405 e. The predicted octanol–water partition coefficient (Wildman–Crippen LogP) is 6.48. The molecule has 3 nitrogen and oxygen atoms in total. The Balaban J connectivity index is 1.96. The minimum absolute atomic E-state index is 0.0878. The molecular formula is C24H35NO2Si2. The van der Waals surface area contributed by atoms with Gasteiger partial charge in [0.25, 0.3) is 0 Å². The normalized spacial score (nSPS) is 23.0. The number of nitrogens with zero attached hydrogens (tertiary/aromatic N) is 1. The van der Waals surface area contributed by atoms with Crippen molar-refractivity contribution in [2.45, 2.75) is 77.6 Å². The van der Waals surface area contributed by atoms with Crippen LogP contribution in [0.15, 0.2) is 41.1 Å². The van der Waals surface area contributed by atoms with Gasteiger partial charge in [0.15, 0.2) is 14.1 Å². The fourth-order valence-corrected chi connectivity index (χ4v) is 8.12. The van der Waals surface area contributed by atoms with Crippen LogP contribution in [0.4, 0.5) is 0 Å². The second kappa shape index (κ2) is 6.53. The Morgan fingerprint density at radius 3 is 2.34 bits per heavy atom. The molecule has 2 atom stereocenters. The van der Waals surface area contributed by atoms with E-state index in [9.17, 15) is 4.79 Å². The first-order valence-corrected chi connectivity index (χ1v) is 17.3. The molecular weight excluding hydrogens is 390 g/mol. The quantitative estimate of drug-likeness (QED) is 0.527. The van der Waals surface area contributed by atoms with E-state index in [4.69, 9.17) is 4.43 Å². The molecule has 0 spiro atoms. The van der Waals surface area contributed by atoms with E-state index in [1.165, 1.54) is 22.2 Å². The zero-order chi connectivity index (χ0) is 21.4. The number of para-hydroxylation sites is 1. The summed E-state index contributed by atoms with van der Waals surface area (Å²) in [4.78, 5) is 13.2. The van der Waals surface area contributed by atoms with Crippen LogP contribution in [0, 0.1) is 5.92 Å². The van der Waals surface area contributed by atoms with Gasteiger partial charge in [-0.2, -0.15) is 0 Å². The summed E-state index contributed by atoms with van der Waals surface area (Å²) in [6, 6.07) is 10.9. The van der Waals surface area contributed by atoms with E-state index in [1.54, 1.807) is 0 Å². The van der Waals surface area contributed by atoms with Crippen molar-refractivity contribution in [2.75, 3.05) is 0 Å². The molecule has 0 radical (unpaired) electrons. The van der Waals surface area contributed by atoms with Crippen molar-refractivity contribution in [3.05, 3.63) is 46.8 Å². The molecule has 0 saturated heterocycles. The summed E-state index contributed by atoms with van der Waals surface area (Å²) in [7, 11) is -3.79. The number of allylic oxidation sites excluding steroid dienone is 1. The fraction of sp³-hybridized carbons (Fsp3) is 0.542. The summed E-state index contributed by atoms with van der Waals surface area (Å²) < 4.78 is 9.55. The van der Waals surface area contributed by atoms with Crippen molar-refractivity contribution >= 4 is 33.1 Å². The second-order valence-corrected chi connectivity index (χ2v) is 21.2. The number of hydrogen-bond acceptors (Lipinski definition) is 2. The Morgan fingerprint density at radius 2 is 1.72 bits per heavy atom. The number of rotatable bonds is 3. The Morgan fingerprint density at radius 1 is 1.07 bits per heavy atom. The summed E-state index contributed by atoms with van der Waals surface area (Å²) in [6.45, 7) is 19.4. The number of hydrogen-bond donors (Lipinski definition) is 0. The van der Waals surface area contributed by atoms with Crippen molar-refractivity contribution < 1.29 is 9.22 Å². The van der Waals surface area contributed by atoms with Gasteiger partial charge in [-0.1, -0.05) is 58.6 Å². The van der Waals surface area contributed by atoms with Crippen molar-refractivity contribution in [1.82, 2.24) is 4.57 Å². The monoisotopic (exact) mass is 425 g/mol. The van der Waals surface area contributed by atoms with Gasteiger partial charge in [0, 0.05) is 24.4 Å². The molecule has 156 valence electrons. The maximum absolute atomic E-state index is 13.2. The van der Waals surface area contributed by atoms with Crippen LogP contribution in [0.2, 0.25) is 37.8 Å². The molecule has 0 bridgehead atoms. The van der Waals surface area contributed by atoms with Crippen molar-refractivity contribution in [3.63, 3.8) is 0 Å². The van der Waals surface area contributed by atoms with Gasteiger partial charge in [0.05, 0.1) is 13.8 Å². The van der Waals surface area contributed by atoms with Crippen LogP contribution in [0.1, 0.15) is 39.0 Å². The van der Waals surface area contributed by atoms with E-state index in [-0.39, 0.29) is 17.1 Å². The highest BCUT2D eigenvalue weighted by atomic mass is 28.4. The van der Waals surface area contributed by atoms with Gasteiger partial charge in [-0.25, -0.2) is 0 Å². The van der Waals surface area contributed by atoms with Crippen LogP contribution in [0.25, 0.3) is 10.9 Å². The Labute approximate surface area is 177 Å². The lowest BCUT2D eigenvalue weighted by Gasteiger charge is -2.43. The highest BCUT2D eigenvalue weighted by molar-refractivity contribution is 6.87. The molecule has 1 aliphatic carbocycles. The second-order valence-electron chi connectivity index (χ2n) is 11.4. The summed E-state index contributed by atoms with van der Waals surface area (Å²) >= 11 is 0. The zero-order valence-corrected chi connectivity index (χ0v) is 21.2. The lowest BCUT2D eigenvalue weighted by atomic mass is 9.91. The van der Waals surface area contributed by atoms with E-state index < -0.39 is 16.4 Å². The molecule has 4 rings (SSSR count). The van der Waals surface area contributed by atoms with Crippen LogP contribution in [0.3, 0.4) is 0 Å². The zero-order valence-electron chi connectivity index (χ0n) is 19.2. The first-order valence-electron chi connectivity index (χ1n) is 10.8. The Kier molecular flexibility index (Phi) is 4.69. The maximum Gasteiger partial charge on any atom is 0.193 e. The van der Waals surface area contributed by atoms with Gasteiger partial charge >= 0.3 is 0 Å². The molecule has 5 heteroatoms. The molecule has 2 heterocycles. The molecule has 0 fully saturated rings. The van der Waals surface area contributed by atoms with E-state index in [0.29, 0.717) is 12.2 Å². The molecule has 1 aromatic heterocycles. The number of ketones is 1. The van der Waals surface area contributed by atoms with Crippen LogP contribution in [-0.4, -0.2) is 26.7 Å². The average molecular weight is 426 g/mol. The summed E-state index contributed by atoms with van der Waals surface area (Å²) in [5.74, 6) is 0.658. The van der Waals surface area contributed by atoms with E-state index >= 15 is 0 Å². The molecule has 0 amide bonds. The van der Waals surface area contributed by atoms with Crippen molar-refractivity contribution in [1.29, 1.82) is 0 Å². The van der Waals surface area contributed by atoms with Gasteiger partial charge < -0.3 is 8.99 Å². The van der Waals surface area contributed by atoms with Crippen LogP contribution in [-0.2, 0) is 15.8 Å². The summed E-state index contributed by atoms with van der Waals surface area (Å²) in [6.07, 6.45) is 0.563. The molecule has 29 heavy (non-hydrogen) atoms. The van der Waals surface area contributed by atoms with E-state index in [2.05, 4.69) is 88.4 Å². The van der Waals surface area contributed by atoms with Gasteiger partial charge in [-0.3, -0.25) is 4.79 Å². The van der Waals surface area contributed by atoms with E-state index in [1.807, 2.05) is 0 Å². The average Bonchev–Trinajstić information content (AvgIpc) is 3.10. The molecule has 2 aliphatic rings. The predicted molar refractivity (Wildman–Crippen MR) is 126 cm³/mol. The van der Waals surface area contributed by atoms with Gasteiger partial charge in [-0.05, 0) is 46.4 Å². The topological polar surface area (TPSA) is 31.2 Å². The van der Waals surface area contributed by atoms with Crippen molar-refractivity contribution in [3.8, 4) is 0 Å². The van der Waals surface area contributed by atoms with Gasteiger partial charge in [0.2, 0.25) is 0 Å². The number of fused-ring (bicyclic) bond motifs is 4. The Bertz CT molecular complexity index is 1020. The maximum atomic E-state index is 13.2. The third-order valence-electron chi connectivity index (χ3n) is 7.20.